The maximum Gasteiger partial charge on any atom is 0.245 e. The third-order valence-electron chi connectivity index (χ3n) is 6.61. The van der Waals surface area contributed by atoms with E-state index in [9.17, 15) is 9.59 Å². The van der Waals surface area contributed by atoms with Crippen LogP contribution in [0.15, 0.2) is 60.8 Å². The van der Waals surface area contributed by atoms with Crippen LogP contribution in [0.5, 0.6) is 5.75 Å². The van der Waals surface area contributed by atoms with Gasteiger partial charge in [-0.15, -0.1) is 0 Å². The molecule has 2 amide bonds. The highest BCUT2D eigenvalue weighted by molar-refractivity contribution is 5.89. The first kappa shape index (κ1) is 20.6. The zero-order chi connectivity index (χ0) is 21.9. The van der Waals surface area contributed by atoms with E-state index in [-0.39, 0.29) is 17.9 Å². The number of H-pyrrole nitrogens is 1. The van der Waals surface area contributed by atoms with Gasteiger partial charge in [-0.1, -0.05) is 36.4 Å². The number of fused-ring (bicyclic) bond motifs is 1. The minimum absolute atomic E-state index is 0.0204. The summed E-state index contributed by atoms with van der Waals surface area (Å²) in [6, 6.07) is 17.3. The molecule has 2 fully saturated rings. The zero-order valence-electron chi connectivity index (χ0n) is 18.2. The molecule has 0 spiro atoms. The number of ether oxygens (including phenoxy) is 1. The Hall–Kier alpha value is -3.28. The average Bonchev–Trinajstić information content (AvgIpc) is 3.58. The standard InChI is InChI=1S/C26H29N3O3/c30-25(13-12-19-17-27-23-11-5-4-10-22(19)23)29-18-21(32-20-8-2-1-3-9-20)16-24(29)26(31)28-14-6-7-15-28/h1-5,8-11,17,21,24,27H,6-7,12-16,18H2/t21-,24-/m0/s1. The highest BCUT2D eigenvalue weighted by atomic mass is 16.5. The van der Waals surface area contributed by atoms with Crippen molar-refractivity contribution in [3.8, 4) is 5.75 Å². The third kappa shape index (κ3) is 4.22. The first-order valence-electron chi connectivity index (χ1n) is 11.5. The maximum absolute atomic E-state index is 13.3. The van der Waals surface area contributed by atoms with E-state index in [2.05, 4.69) is 11.1 Å². The highest BCUT2D eigenvalue weighted by Gasteiger charge is 2.42. The summed E-state index contributed by atoms with van der Waals surface area (Å²) < 4.78 is 6.14. The SMILES string of the molecule is O=C([C@@H]1C[C@H](Oc2ccccc2)CN1C(=O)CCc1c[nH]c2ccccc12)N1CCCC1. The Labute approximate surface area is 188 Å². The molecule has 1 aromatic heterocycles. The number of aryl methyl sites for hydroxylation is 1. The number of nitrogens with one attached hydrogen (secondary N) is 1. The molecule has 6 heteroatoms. The largest absolute Gasteiger partial charge is 0.488 e. The van der Waals surface area contributed by atoms with Crippen molar-refractivity contribution >= 4 is 22.7 Å². The Morgan fingerprint density at radius 3 is 2.56 bits per heavy atom. The number of carbonyl (C=O) groups is 2. The Morgan fingerprint density at radius 1 is 1.00 bits per heavy atom. The first-order valence-corrected chi connectivity index (χ1v) is 11.5. The van der Waals surface area contributed by atoms with Crippen molar-refractivity contribution in [1.82, 2.24) is 14.8 Å². The number of benzene rings is 2. The van der Waals surface area contributed by atoms with E-state index in [1.807, 2.05) is 59.6 Å². The second-order valence-electron chi connectivity index (χ2n) is 8.74. The maximum atomic E-state index is 13.3. The molecular weight excluding hydrogens is 402 g/mol. The predicted molar refractivity (Wildman–Crippen MR) is 123 cm³/mol. The van der Waals surface area contributed by atoms with Gasteiger partial charge in [-0.2, -0.15) is 0 Å². The number of carbonyl (C=O) groups excluding carboxylic acids is 2. The van der Waals surface area contributed by atoms with Gasteiger partial charge in [-0.25, -0.2) is 0 Å². The van der Waals surface area contributed by atoms with E-state index in [4.69, 9.17) is 4.74 Å². The van der Waals surface area contributed by atoms with E-state index in [1.54, 1.807) is 4.90 Å². The molecule has 2 aliphatic rings. The molecular formula is C26H29N3O3. The Bertz CT molecular complexity index is 1090. The highest BCUT2D eigenvalue weighted by Crippen LogP contribution is 2.27. The summed E-state index contributed by atoms with van der Waals surface area (Å²) in [5.74, 6) is 0.868. The molecule has 2 aromatic carbocycles. The summed E-state index contributed by atoms with van der Waals surface area (Å²) in [5, 5.41) is 1.15. The topological polar surface area (TPSA) is 65.6 Å². The molecule has 6 nitrogen and oxygen atoms in total. The second kappa shape index (κ2) is 9.07. The summed E-state index contributed by atoms with van der Waals surface area (Å²) in [4.78, 5) is 33.5. The van der Waals surface area contributed by atoms with Crippen molar-refractivity contribution < 1.29 is 14.3 Å². The number of hydrogen-bond acceptors (Lipinski definition) is 3. The number of aromatic amines is 1. The van der Waals surface area contributed by atoms with Crippen molar-refractivity contribution in [3.63, 3.8) is 0 Å². The Balaban J connectivity index is 1.30. The van der Waals surface area contributed by atoms with Crippen LogP contribution in [0.25, 0.3) is 10.9 Å². The summed E-state index contributed by atoms with van der Waals surface area (Å²) in [5.41, 5.74) is 2.21. The summed E-state index contributed by atoms with van der Waals surface area (Å²) >= 11 is 0. The van der Waals surface area contributed by atoms with E-state index >= 15 is 0 Å². The fourth-order valence-electron chi connectivity index (χ4n) is 4.96. The van der Waals surface area contributed by atoms with Crippen LogP contribution >= 0.6 is 0 Å². The molecule has 2 atom stereocenters. The van der Waals surface area contributed by atoms with Crippen LogP contribution in [-0.2, 0) is 16.0 Å². The monoisotopic (exact) mass is 431 g/mol. The fraction of sp³-hybridized carbons (Fsp3) is 0.385. The van der Waals surface area contributed by atoms with Gasteiger partial charge in [-0.3, -0.25) is 9.59 Å². The lowest BCUT2D eigenvalue weighted by Gasteiger charge is -2.27. The molecule has 0 bridgehead atoms. The third-order valence-corrected chi connectivity index (χ3v) is 6.61. The molecule has 3 aromatic rings. The quantitative estimate of drug-likeness (QED) is 0.646. The van der Waals surface area contributed by atoms with Crippen molar-refractivity contribution in [2.75, 3.05) is 19.6 Å². The van der Waals surface area contributed by atoms with E-state index in [0.717, 1.165) is 48.1 Å². The number of rotatable bonds is 6. The Kier molecular flexibility index (Phi) is 5.84. The minimum Gasteiger partial charge on any atom is -0.488 e. The minimum atomic E-state index is -0.433. The van der Waals surface area contributed by atoms with Gasteiger partial charge in [0.2, 0.25) is 11.8 Å². The lowest BCUT2D eigenvalue weighted by Crippen LogP contribution is -2.47. The van der Waals surface area contributed by atoms with Crippen molar-refractivity contribution in [3.05, 3.63) is 66.4 Å². The number of para-hydroxylation sites is 2. The molecule has 166 valence electrons. The van der Waals surface area contributed by atoms with E-state index in [0.29, 0.717) is 25.8 Å². The van der Waals surface area contributed by atoms with Crippen LogP contribution in [0.2, 0.25) is 0 Å². The summed E-state index contributed by atoms with van der Waals surface area (Å²) in [7, 11) is 0. The van der Waals surface area contributed by atoms with Crippen LogP contribution in [0.4, 0.5) is 0 Å². The molecule has 2 saturated heterocycles. The molecule has 0 aliphatic carbocycles. The zero-order valence-corrected chi connectivity index (χ0v) is 18.2. The van der Waals surface area contributed by atoms with Gasteiger partial charge in [0.05, 0.1) is 6.54 Å². The van der Waals surface area contributed by atoms with Crippen LogP contribution in [0.3, 0.4) is 0 Å². The van der Waals surface area contributed by atoms with Crippen molar-refractivity contribution in [1.29, 1.82) is 0 Å². The van der Waals surface area contributed by atoms with E-state index < -0.39 is 6.04 Å². The van der Waals surface area contributed by atoms with Crippen LogP contribution in [-0.4, -0.2) is 58.4 Å². The smallest absolute Gasteiger partial charge is 0.245 e. The normalized spacial score (nSPS) is 20.8. The molecule has 2 aliphatic heterocycles. The molecule has 0 unspecified atom stereocenters. The molecule has 1 N–H and O–H groups in total. The molecule has 0 saturated carbocycles. The lowest BCUT2D eigenvalue weighted by molar-refractivity contribution is -0.143. The number of aromatic nitrogens is 1. The van der Waals surface area contributed by atoms with Gasteiger partial charge in [-0.05, 0) is 43.0 Å². The molecule has 32 heavy (non-hydrogen) atoms. The van der Waals surface area contributed by atoms with Gasteiger partial charge in [0, 0.05) is 43.0 Å². The summed E-state index contributed by atoms with van der Waals surface area (Å²) in [6.07, 6.45) is 5.45. The van der Waals surface area contributed by atoms with Crippen LogP contribution in [0.1, 0.15) is 31.2 Å². The van der Waals surface area contributed by atoms with Gasteiger partial charge < -0.3 is 19.5 Å². The van der Waals surface area contributed by atoms with Crippen molar-refractivity contribution in [2.24, 2.45) is 0 Å². The average molecular weight is 432 g/mol. The molecule has 5 rings (SSSR count). The number of nitrogens with zero attached hydrogens (tertiary/aromatic N) is 2. The lowest BCUT2D eigenvalue weighted by atomic mass is 10.1. The number of hydrogen-bond donors (Lipinski definition) is 1. The van der Waals surface area contributed by atoms with Gasteiger partial charge in [0.15, 0.2) is 0 Å². The fourth-order valence-corrected chi connectivity index (χ4v) is 4.96. The summed E-state index contributed by atoms with van der Waals surface area (Å²) in [6.45, 7) is 2.03. The number of amides is 2. The van der Waals surface area contributed by atoms with Gasteiger partial charge in [0.1, 0.15) is 17.9 Å². The molecule has 0 radical (unpaired) electrons. The second-order valence-corrected chi connectivity index (χ2v) is 8.74. The molecule has 3 heterocycles. The van der Waals surface area contributed by atoms with Crippen molar-refractivity contribution in [2.45, 2.75) is 44.2 Å². The van der Waals surface area contributed by atoms with Gasteiger partial charge >= 0.3 is 0 Å². The number of likely N-dealkylation sites (tertiary alicyclic amines) is 2. The Morgan fingerprint density at radius 2 is 1.75 bits per heavy atom. The predicted octanol–water partition coefficient (Wildman–Crippen LogP) is 3.77. The van der Waals surface area contributed by atoms with E-state index in [1.165, 1.54) is 0 Å². The van der Waals surface area contributed by atoms with Gasteiger partial charge in [0.25, 0.3) is 0 Å². The first-order chi connectivity index (χ1) is 15.7. The van der Waals surface area contributed by atoms with Crippen LogP contribution in [0, 0.1) is 0 Å². The van der Waals surface area contributed by atoms with Crippen LogP contribution < -0.4 is 4.74 Å².